The van der Waals surface area contributed by atoms with Gasteiger partial charge in [0.05, 0.1) is 7.11 Å². The van der Waals surface area contributed by atoms with Crippen LogP contribution in [-0.4, -0.2) is 33.7 Å². The van der Waals surface area contributed by atoms with Crippen molar-refractivity contribution in [1.82, 2.24) is 19.7 Å². The summed E-state index contributed by atoms with van der Waals surface area (Å²) in [6, 6.07) is 9.20. The highest BCUT2D eigenvalue weighted by Crippen LogP contribution is 2.30. The van der Waals surface area contributed by atoms with Gasteiger partial charge in [-0.1, -0.05) is 6.07 Å². The summed E-state index contributed by atoms with van der Waals surface area (Å²) < 4.78 is 21.3. The summed E-state index contributed by atoms with van der Waals surface area (Å²) in [5.41, 5.74) is 0.568. The Bertz CT molecular complexity index is 1370. The summed E-state index contributed by atoms with van der Waals surface area (Å²) in [6.45, 7) is -0.0873. The maximum atomic E-state index is 14.8. The Morgan fingerprint density at radius 1 is 1.30 bits per heavy atom. The SMILES string of the molecule is COc1c(CNC(=O)c2cc(=O)n3ccccc3n2)cc2cc(C=O)cnc2c1F. The molecule has 150 valence electrons. The Hall–Kier alpha value is -4.14. The summed E-state index contributed by atoms with van der Waals surface area (Å²) >= 11 is 0. The normalized spacial score (nSPS) is 10.9. The molecule has 1 N–H and O–H groups in total. The smallest absolute Gasteiger partial charge is 0.270 e. The molecule has 30 heavy (non-hydrogen) atoms. The van der Waals surface area contributed by atoms with Gasteiger partial charge in [-0.05, 0) is 24.3 Å². The second-order valence-electron chi connectivity index (χ2n) is 6.43. The summed E-state index contributed by atoms with van der Waals surface area (Å²) in [6.07, 6.45) is 3.43. The van der Waals surface area contributed by atoms with Gasteiger partial charge in [0.15, 0.2) is 17.9 Å². The molecule has 3 heterocycles. The summed E-state index contributed by atoms with van der Waals surface area (Å²) in [5, 5.41) is 3.01. The van der Waals surface area contributed by atoms with Gasteiger partial charge in [0, 0.05) is 41.5 Å². The lowest BCUT2D eigenvalue weighted by Gasteiger charge is -2.13. The van der Waals surface area contributed by atoms with E-state index in [0.717, 1.165) is 6.07 Å². The van der Waals surface area contributed by atoms with Crippen molar-refractivity contribution in [3.8, 4) is 5.75 Å². The van der Waals surface area contributed by atoms with Gasteiger partial charge in [-0.15, -0.1) is 0 Å². The summed E-state index contributed by atoms with van der Waals surface area (Å²) in [7, 11) is 1.31. The van der Waals surface area contributed by atoms with Crippen LogP contribution in [0, 0.1) is 5.82 Å². The van der Waals surface area contributed by atoms with Crippen LogP contribution < -0.4 is 15.6 Å². The van der Waals surface area contributed by atoms with Crippen molar-refractivity contribution < 1.29 is 18.7 Å². The Morgan fingerprint density at radius 2 is 2.13 bits per heavy atom. The highest BCUT2D eigenvalue weighted by atomic mass is 19.1. The maximum Gasteiger partial charge on any atom is 0.270 e. The minimum atomic E-state index is -0.696. The van der Waals surface area contributed by atoms with E-state index >= 15 is 0 Å². The second-order valence-corrected chi connectivity index (χ2v) is 6.43. The topological polar surface area (TPSA) is 103 Å². The van der Waals surface area contributed by atoms with Crippen LogP contribution in [0.3, 0.4) is 0 Å². The number of nitrogens with one attached hydrogen (secondary N) is 1. The van der Waals surface area contributed by atoms with E-state index in [1.807, 2.05) is 0 Å². The first-order valence-electron chi connectivity index (χ1n) is 8.88. The molecule has 0 saturated carbocycles. The molecular formula is C21H15FN4O4. The van der Waals surface area contributed by atoms with Crippen LogP contribution in [-0.2, 0) is 6.54 Å². The van der Waals surface area contributed by atoms with Crippen molar-refractivity contribution in [2.24, 2.45) is 0 Å². The van der Waals surface area contributed by atoms with Crippen LogP contribution in [0.5, 0.6) is 5.75 Å². The predicted molar refractivity (Wildman–Crippen MR) is 106 cm³/mol. The van der Waals surface area contributed by atoms with E-state index in [0.29, 0.717) is 28.4 Å². The van der Waals surface area contributed by atoms with Gasteiger partial charge in [-0.2, -0.15) is 0 Å². The summed E-state index contributed by atoms with van der Waals surface area (Å²) in [4.78, 5) is 43.8. The van der Waals surface area contributed by atoms with Crippen molar-refractivity contribution in [3.63, 3.8) is 0 Å². The Morgan fingerprint density at radius 3 is 2.90 bits per heavy atom. The number of methoxy groups -OCH3 is 1. The molecule has 0 unspecified atom stereocenters. The zero-order valence-corrected chi connectivity index (χ0v) is 15.8. The van der Waals surface area contributed by atoms with Gasteiger partial charge in [0.25, 0.3) is 11.5 Å². The number of fused-ring (bicyclic) bond motifs is 2. The average Bonchev–Trinajstić information content (AvgIpc) is 2.77. The number of rotatable bonds is 5. The lowest BCUT2D eigenvalue weighted by molar-refractivity contribution is 0.0945. The highest BCUT2D eigenvalue weighted by Gasteiger charge is 2.17. The van der Waals surface area contributed by atoms with Crippen LogP contribution in [0.4, 0.5) is 4.39 Å². The molecule has 1 amide bonds. The first-order valence-corrected chi connectivity index (χ1v) is 8.88. The fourth-order valence-corrected chi connectivity index (χ4v) is 3.15. The van der Waals surface area contributed by atoms with Crippen molar-refractivity contribution in [2.75, 3.05) is 7.11 Å². The average molecular weight is 406 g/mol. The third-order valence-corrected chi connectivity index (χ3v) is 4.55. The van der Waals surface area contributed by atoms with Crippen LogP contribution in [0.15, 0.2) is 53.6 Å². The molecule has 1 aromatic carbocycles. The molecule has 3 aromatic heterocycles. The van der Waals surface area contributed by atoms with Gasteiger partial charge in [-0.25, -0.2) is 9.37 Å². The molecule has 0 bridgehead atoms. The van der Waals surface area contributed by atoms with Crippen molar-refractivity contribution in [2.45, 2.75) is 6.54 Å². The van der Waals surface area contributed by atoms with Gasteiger partial charge < -0.3 is 10.1 Å². The minimum absolute atomic E-state index is 0.0525. The van der Waals surface area contributed by atoms with E-state index in [-0.39, 0.29) is 23.5 Å². The molecule has 0 fully saturated rings. The van der Waals surface area contributed by atoms with Crippen LogP contribution in [0.25, 0.3) is 16.6 Å². The molecule has 4 aromatic rings. The second kappa shape index (κ2) is 7.70. The first kappa shape index (κ1) is 19.2. The van der Waals surface area contributed by atoms with Gasteiger partial charge in [0.2, 0.25) is 0 Å². The number of hydrogen-bond donors (Lipinski definition) is 1. The van der Waals surface area contributed by atoms with E-state index in [9.17, 15) is 18.8 Å². The third kappa shape index (κ3) is 3.37. The lowest BCUT2D eigenvalue weighted by atomic mass is 10.1. The van der Waals surface area contributed by atoms with Gasteiger partial charge in [-0.3, -0.25) is 23.8 Å². The molecule has 4 rings (SSSR count). The number of nitrogens with zero attached hydrogens (tertiary/aromatic N) is 3. The number of ether oxygens (including phenoxy) is 1. The number of aromatic nitrogens is 3. The number of aldehydes is 1. The zero-order chi connectivity index (χ0) is 21.3. The number of carbonyl (C=O) groups is 2. The predicted octanol–water partition coefficient (Wildman–Crippen LogP) is 2.13. The maximum absolute atomic E-state index is 14.8. The number of benzene rings is 1. The first-order chi connectivity index (χ1) is 14.5. The van der Waals surface area contributed by atoms with Crippen LogP contribution >= 0.6 is 0 Å². The van der Waals surface area contributed by atoms with Gasteiger partial charge in [0.1, 0.15) is 16.9 Å². The van der Waals surface area contributed by atoms with Crippen molar-refractivity contribution >= 4 is 28.7 Å². The number of carbonyl (C=O) groups excluding carboxylic acids is 2. The van der Waals surface area contributed by atoms with E-state index in [1.165, 1.54) is 23.8 Å². The van der Waals surface area contributed by atoms with E-state index in [2.05, 4.69) is 15.3 Å². The zero-order valence-electron chi connectivity index (χ0n) is 15.8. The number of pyridine rings is 2. The largest absolute Gasteiger partial charge is 0.493 e. The van der Waals surface area contributed by atoms with Gasteiger partial charge >= 0.3 is 0 Å². The fourth-order valence-electron chi connectivity index (χ4n) is 3.15. The number of hydrogen-bond acceptors (Lipinski definition) is 6. The molecule has 0 spiro atoms. The number of halogens is 1. The quantitative estimate of drug-likeness (QED) is 0.510. The molecule has 8 nitrogen and oxygen atoms in total. The van der Waals surface area contributed by atoms with E-state index < -0.39 is 17.3 Å². The van der Waals surface area contributed by atoms with Crippen LogP contribution in [0.2, 0.25) is 0 Å². The summed E-state index contributed by atoms with van der Waals surface area (Å²) in [5.74, 6) is -1.36. The molecule has 9 heteroatoms. The Kier molecular flexibility index (Phi) is 4.93. The van der Waals surface area contributed by atoms with Crippen LogP contribution in [0.1, 0.15) is 26.4 Å². The Balaban J connectivity index is 1.66. The molecule has 0 radical (unpaired) electrons. The van der Waals surface area contributed by atoms with E-state index in [4.69, 9.17) is 4.74 Å². The Labute approximate surface area is 169 Å². The third-order valence-electron chi connectivity index (χ3n) is 4.55. The minimum Gasteiger partial charge on any atom is -0.493 e. The lowest BCUT2D eigenvalue weighted by Crippen LogP contribution is -2.27. The molecule has 0 aliphatic rings. The highest BCUT2D eigenvalue weighted by molar-refractivity contribution is 5.93. The standard InChI is InChI=1S/C21H15FN4O4/c1-30-20-14(7-13-6-12(11-27)9-23-19(13)18(20)22)10-24-21(29)15-8-17(28)26-5-3-2-4-16(26)25-15/h2-9,11H,10H2,1H3,(H,24,29). The van der Waals surface area contributed by atoms with Crippen molar-refractivity contribution in [3.05, 3.63) is 81.8 Å². The molecule has 0 aliphatic carbocycles. The molecule has 0 aliphatic heterocycles. The molecular weight excluding hydrogens is 391 g/mol. The number of amides is 1. The molecule has 0 atom stereocenters. The van der Waals surface area contributed by atoms with Crippen molar-refractivity contribution in [1.29, 1.82) is 0 Å². The van der Waals surface area contributed by atoms with E-state index in [1.54, 1.807) is 30.5 Å². The fraction of sp³-hybridized carbons (Fsp3) is 0.0952. The molecule has 0 saturated heterocycles. The monoisotopic (exact) mass is 406 g/mol.